The van der Waals surface area contributed by atoms with Gasteiger partial charge in [-0.2, -0.15) is 0 Å². The Morgan fingerprint density at radius 2 is 2.19 bits per heavy atom. The summed E-state index contributed by atoms with van der Waals surface area (Å²) >= 11 is 0. The molecule has 0 spiro atoms. The first-order chi connectivity index (χ1) is 7.55. The maximum Gasteiger partial charge on any atom is 0.212 e. The Kier molecular flexibility index (Phi) is 2.78. The minimum Gasteiger partial charge on any atom is -0.487 e. The third kappa shape index (κ3) is 2.70. The van der Waals surface area contributed by atoms with Crippen molar-refractivity contribution in [1.29, 1.82) is 0 Å². The SMILES string of the molecule is Cc1cccc(OCC2=CS(=O)(=O)C=N2)c1. The molecule has 0 unspecified atom stereocenters. The fourth-order valence-electron chi connectivity index (χ4n) is 1.33. The van der Waals surface area contributed by atoms with Crippen molar-refractivity contribution in [3.63, 3.8) is 0 Å². The Hall–Kier alpha value is -1.62. The van der Waals surface area contributed by atoms with Crippen molar-refractivity contribution in [1.82, 2.24) is 0 Å². The first-order valence-corrected chi connectivity index (χ1v) is 6.35. The van der Waals surface area contributed by atoms with Crippen molar-refractivity contribution in [2.24, 2.45) is 4.99 Å². The molecule has 4 nitrogen and oxygen atoms in total. The van der Waals surface area contributed by atoms with Crippen LogP contribution < -0.4 is 4.74 Å². The molecule has 2 rings (SSSR count). The normalized spacial score (nSPS) is 17.2. The molecule has 0 bridgehead atoms. The molecule has 0 aliphatic carbocycles. The minimum absolute atomic E-state index is 0.166. The second kappa shape index (κ2) is 4.09. The van der Waals surface area contributed by atoms with E-state index in [4.69, 9.17) is 4.74 Å². The molecule has 0 radical (unpaired) electrons. The largest absolute Gasteiger partial charge is 0.487 e. The van der Waals surface area contributed by atoms with Crippen molar-refractivity contribution >= 4 is 15.4 Å². The fourth-order valence-corrected chi connectivity index (χ4v) is 2.18. The maximum absolute atomic E-state index is 11.0. The van der Waals surface area contributed by atoms with E-state index in [2.05, 4.69) is 4.99 Å². The summed E-state index contributed by atoms with van der Waals surface area (Å²) in [6.45, 7) is 2.13. The topological polar surface area (TPSA) is 55.7 Å². The highest BCUT2D eigenvalue weighted by atomic mass is 32.2. The molecule has 1 aliphatic heterocycles. The molecule has 1 aliphatic rings. The molecule has 84 valence electrons. The van der Waals surface area contributed by atoms with Gasteiger partial charge in [-0.25, -0.2) is 13.4 Å². The van der Waals surface area contributed by atoms with Crippen LogP contribution in [0.4, 0.5) is 0 Å². The molecule has 5 heteroatoms. The van der Waals surface area contributed by atoms with Crippen molar-refractivity contribution in [2.75, 3.05) is 6.61 Å². The summed E-state index contributed by atoms with van der Waals surface area (Å²) in [5.74, 6) is 0.709. The zero-order chi connectivity index (χ0) is 11.6. The molecule has 1 aromatic rings. The third-order valence-electron chi connectivity index (χ3n) is 2.04. The summed E-state index contributed by atoms with van der Waals surface area (Å²) in [5, 5.41) is 1.11. The van der Waals surface area contributed by atoms with Crippen LogP contribution in [0.1, 0.15) is 5.56 Å². The lowest BCUT2D eigenvalue weighted by atomic mass is 10.2. The summed E-state index contributed by atoms with van der Waals surface area (Å²) in [6, 6.07) is 7.55. The Morgan fingerprint density at radius 1 is 1.38 bits per heavy atom. The summed E-state index contributed by atoms with van der Waals surface area (Å²) < 4.78 is 27.5. The van der Waals surface area contributed by atoms with Crippen LogP contribution in [-0.4, -0.2) is 20.6 Å². The number of ether oxygens (including phenoxy) is 1. The highest BCUT2D eigenvalue weighted by Crippen LogP contribution is 2.15. The van der Waals surface area contributed by atoms with Gasteiger partial charge in [0.2, 0.25) is 9.84 Å². The second-order valence-corrected chi connectivity index (χ2v) is 5.16. The van der Waals surface area contributed by atoms with Gasteiger partial charge >= 0.3 is 0 Å². The molecule has 0 N–H and O–H groups in total. The molecule has 16 heavy (non-hydrogen) atoms. The van der Waals surface area contributed by atoms with Crippen molar-refractivity contribution in [3.05, 3.63) is 40.9 Å². The zero-order valence-corrected chi connectivity index (χ0v) is 9.57. The third-order valence-corrected chi connectivity index (χ3v) is 3.04. The Labute approximate surface area is 94.2 Å². The monoisotopic (exact) mass is 237 g/mol. The Balaban J connectivity index is 2.02. The van der Waals surface area contributed by atoms with Crippen molar-refractivity contribution in [2.45, 2.75) is 6.92 Å². The molecular weight excluding hydrogens is 226 g/mol. The van der Waals surface area contributed by atoms with Crippen LogP contribution in [0, 0.1) is 6.92 Å². The number of sulfone groups is 1. The van der Waals surface area contributed by atoms with Crippen LogP contribution in [0.3, 0.4) is 0 Å². The molecule has 1 heterocycles. The molecule has 0 amide bonds. The van der Waals surface area contributed by atoms with E-state index in [0.717, 1.165) is 16.5 Å². The average Bonchev–Trinajstić information content (AvgIpc) is 2.56. The standard InChI is InChI=1S/C11H11NO3S/c1-9-3-2-4-11(5-9)15-6-10-7-16(13,14)8-12-10/h2-5,7-8H,6H2,1H3. The molecule has 0 atom stereocenters. The van der Waals surface area contributed by atoms with Crippen LogP contribution in [0.5, 0.6) is 5.75 Å². The van der Waals surface area contributed by atoms with Crippen LogP contribution in [0.2, 0.25) is 0 Å². The number of aliphatic imine (C=N–C) groups is 1. The molecule has 1 aromatic carbocycles. The number of benzene rings is 1. The van der Waals surface area contributed by atoms with Crippen LogP contribution in [0.15, 0.2) is 40.4 Å². The van der Waals surface area contributed by atoms with Gasteiger partial charge in [0.1, 0.15) is 17.9 Å². The van der Waals surface area contributed by atoms with Gasteiger partial charge in [-0.15, -0.1) is 0 Å². The summed E-state index contributed by atoms with van der Waals surface area (Å²) in [4.78, 5) is 3.75. The lowest BCUT2D eigenvalue weighted by Crippen LogP contribution is -1.98. The van der Waals surface area contributed by atoms with E-state index in [1.54, 1.807) is 0 Å². The van der Waals surface area contributed by atoms with E-state index in [0.29, 0.717) is 11.4 Å². The highest BCUT2D eigenvalue weighted by Gasteiger charge is 2.13. The Morgan fingerprint density at radius 3 is 2.81 bits per heavy atom. The number of aryl methyl sites for hydroxylation is 1. The summed E-state index contributed by atoms with van der Waals surface area (Å²) in [7, 11) is -3.24. The summed E-state index contributed by atoms with van der Waals surface area (Å²) in [6.07, 6.45) is 0. The first kappa shape index (κ1) is 10.9. The van der Waals surface area contributed by atoms with E-state index >= 15 is 0 Å². The van der Waals surface area contributed by atoms with E-state index in [1.165, 1.54) is 0 Å². The predicted octanol–water partition coefficient (Wildman–Crippen LogP) is 1.67. The molecule has 0 saturated heterocycles. The van der Waals surface area contributed by atoms with Gasteiger partial charge in [0.25, 0.3) is 0 Å². The van der Waals surface area contributed by atoms with Crippen LogP contribution in [-0.2, 0) is 9.84 Å². The number of hydrogen-bond donors (Lipinski definition) is 0. The van der Waals surface area contributed by atoms with Gasteiger partial charge in [-0.05, 0) is 24.6 Å². The van der Waals surface area contributed by atoms with Crippen molar-refractivity contribution in [3.8, 4) is 5.75 Å². The lowest BCUT2D eigenvalue weighted by molar-refractivity contribution is 0.351. The highest BCUT2D eigenvalue weighted by molar-refractivity contribution is 8.07. The molecule has 0 fully saturated rings. The van der Waals surface area contributed by atoms with Gasteiger partial charge < -0.3 is 4.74 Å². The predicted molar refractivity (Wildman–Crippen MR) is 62.2 cm³/mol. The van der Waals surface area contributed by atoms with Gasteiger partial charge in [0.05, 0.1) is 11.1 Å². The molecular formula is C11H11NO3S. The van der Waals surface area contributed by atoms with Gasteiger partial charge in [0, 0.05) is 0 Å². The second-order valence-electron chi connectivity index (χ2n) is 3.54. The van der Waals surface area contributed by atoms with Crippen LogP contribution >= 0.6 is 0 Å². The minimum atomic E-state index is -3.24. The average molecular weight is 237 g/mol. The van der Waals surface area contributed by atoms with Gasteiger partial charge in [0.15, 0.2) is 0 Å². The van der Waals surface area contributed by atoms with E-state index in [-0.39, 0.29) is 6.61 Å². The van der Waals surface area contributed by atoms with E-state index in [1.807, 2.05) is 31.2 Å². The molecule has 0 aromatic heterocycles. The van der Waals surface area contributed by atoms with E-state index in [9.17, 15) is 8.42 Å². The van der Waals surface area contributed by atoms with E-state index < -0.39 is 9.84 Å². The van der Waals surface area contributed by atoms with Crippen molar-refractivity contribution < 1.29 is 13.2 Å². The number of nitrogens with zero attached hydrogens (tertiary/aromatic N) is 1. The van der Waals surface area contributed by atoms with Gasteiger partial charge in [-0.3, -0.25) is 0 Å². The summed E-state index contributed by atoms with van der Waals surface area (Å²) in [5.41, 5.74) is 2.44. The maximum atomic E-state index is 11.0. The zero-order valence-electron chi connectivity index (χ0n) is 8.75. The first-order valence-electron chi connectivity index (χ1n) is 4.74. The smallest absolute Gasteiger partial charge is 0.212 e. The van der Waals surface area contributed by atoms with Crippen LogP contribution in [0.25, 0.3) is 0 Å². The lowest BCUT2D eigenvalue weighted by Gasteiger charge is -2.05. The molecule has 0 saturated carbocycles. The quantitative estimate of drug-likeness (QED) is 0.803. The number of rotatable bonds is 3. The number of hydrogen-bond acceptors (Lipinski definition) is 4. The van der Waals surface area contributed by atoms with Gasteiger partial charge in [-0.1, -0.05) is 12.1 Å². The fraction of sp³-hybridized carbons (Fsp3) is 0.182. The Bertz CT molecular complexity index is 558.